The highest BCUT2D eigenvalue weighted by atomic mass is 16.7. The summed E-state index contributed by atoms with van der Waals surface area (Å²) < 4.78 is 13.2. The van der Waals surface area contributed by atoms with E-state index in [2.05, 4.69) is 89.4 Å². The lowest BCUT2D eigenvalue weighted by atomic mass is 9.76. The van der Waals surface area contributed by atoms with E-state index in [-0.39, 0.29) is 0 Å². The molecule has 1 aromatic heterocycles. The average Bonchev–Trinajstić information content (AvgIpc) is 3.33. The van der Waals surface area contributed by atoms with Crippen molar-refractivity contribution < 1.29 is 9.31 Å². The van der Waals surface area contributed by atoms with Gasteiger partial charge < -0.3 is 9.31 Å². The zero-order valence-corrected chi connectivity index (χ0v) is 27.2. The third-order valence-electron chi connectivity index (χ3n) is 9.29. The summed E-state index contributed by atoms with van der Waals surface area (Å²) in [7, 11) is -0.583. The molecule has 1 fully saturated rings. The quantitative estimate of drug-likeness (QED) is 0.168. The van der Waals surface area contributed by atoms with Crippen LogP contribution in [0.1, 0.15) is 38.8 Å². The van der Waals surface area contributed by atoms with Gasteiger partial charge in [-0.1, -0.05) is 122 Å². The minimum Gasteiger partial charge on any atom is -0.399 e. The van der Waals surface area contributed by atoms with Gasteiger partial charge in [0.2, 0.25) is 0 Å². The molecule has 0 radical (unpaired) electrons. The van der Waals surface area contributed by atoms with Gasteiger partial charge in [0.15, 0.2) is 17.5 Å². The van der Waals surface area contributed by atoms with Crippen LogP contribution < -0.4 is 5.46 Å². The monoisotopic (exact) mass is 613 g/mol. The lowest BCUT2D eigenvalue weighted by Gasteiger charge is -2.32. The van der Waals surface area contributed by atoms with Gasteiger partial charge in [0.05, 0.1) is 11.2 Å². The molecule has 6 aromatic rings. The smallest absolute Gasteiger partial charge is 0.399 e. The molecule has 6 heteroatoms. The molecule has 1 aliphatic rings. The van der Waals surface area contributed by atoms with Gasteiger partial charge in [-0.3, -0.25) is 0 Å². The van der Waals surface area contributed by atoms with E-state index in [4.69, 9.17) is 24.3 Å². The second-order valence-electron chi connectivity index (χ2n) is 12.9. The maximum atomic E-state index is 6.58. The van der Waals surface area contributed by atoms with Crippen molar-refractivity contribution in [2.24, 2.45) is 0 Å². The van der Waals surface area contributed by atoms with Crippen LogP contribution in [-0.4, -0.2) is 33.3 Å². The fourth-order valence-electron chi connectivity index (χ4n) is 6.04. The Balaban J connectivity index is 1.50. The molecule has 0 aliphatic carbocycles. The largest absolute Gasteiger partial charge is 0.494 e. The SMILES string of the molecule is C=Cc1cc(-c2cc(B3OC(C)(C)C(C)(C)O3)cc(-c3nc(-c4ccccc4)nc(-c4ccccc4)n3)c2)c2ccccc2c1C=C. The summed E-state index contributed by atoms with van der Waals surface area (Å²) in [6, 6.07) is 37.0. The Morgan fingerprint density at radius 2 is 1.04 bits per heavy atom. The maximum absolute atomic E-state index is 6.58. The van der Waals surface area contributed by atoms with Crippen LogP contribution >= 0.6 is 0 Å². The number of hydrogen-bond acceptors (Lipinski definition) is 5. The summed E-state index contributed by atoms with van der Waals surface area (Å²) >= 11 is 0. The normalized spacial score (nSPS) is 15.1. The molecule has 47 heavy (non-hydrogen) atoms. The first-order valence-corrected chi connectivity index (χ1v) is 15.9. The number of benzene rings is 5. The predicted molar refractivity (Wildman–Crippen MR) is 195 cm³/mol. The predicted octanol–water partition coefficient (Wildman–Crippen LogP) is 9.28. The molecule has 2 heterocycles. The van der Waals surface area contributed by atoms with Crippen LogP contribution in [0.4, 0.5) is 0 Å². The summed E-state index contributed by atoms with van der Waals surface area (Å²) in [5, 5.41) is 2.21. The number of aromatic nitrogens is 3. The second kappa shape index (κ2) is 11.9. The topological polar surface area (TPSA) is 57.1 Å². The molecule has 0 saturated carbocycles. The first-order valence-electron chi connectivity index (χ1n) is 15.9. The summed E-state index contributed by atoms with van der Waals surface area (Å²) in [5.74, 6) is 1.77. The van der Waals surface area contributed by atoms with Crippen LogP contribution in [0, 0.1) is 0 Å². The Hall–Kier alpha value is -5.17. The van der Waals surface area contributed by atoms with E-state index in [1.807, 2.05) is 72.8 Å². The van der Waals surface area contributed by atoms with Crippen LogP contribution in [0.15, 0.2) is 122 Å². The Morgan fingerprint density at radius 1 is 0.553 bits per heavy atom. The van der Waals surface area contributed by atoms with Gasteiger partial charge in [-0.05, 0) is 78.3 Å². The molecule has 0 atom stereocenters. The van der Waals surface area contributed by atoms with Crippen molar-refractivity contribution in [3.05, 3.63) is 133 Å². The van der Waals surface area contributed by atoms with E-state index in [0.29, 0.717) is 17.5 Å². The van der Waals surface area contributed by atoms with E-state index in [9.17, 15) is 0 Å². The molecule has 0 spiro atoms. The van der Waals surface area contributed by atoms with Crippen molar-refractivity contribution in [2.45, 2.75) is 38.9 Å². The van der Waals surface area contributed by atoms with Crippen molar-refractivity contribution in [2.75, 3.05) is 0 Å². The molecule has 230 valence electrons. The highest BCUT2D eigenvalue weighted by Crippen LogP contribution is 2.39. The van der Waals surface area contributed by atoms with E-state index in [1.54, 1.807) is 0 Å². The van der Waals surface area contributed by atoms with Crippen molar-refractivity contribution in [1.29, 1.82) is 0 Å². The van der Waals surface area contributed by atoms with Gasteiger partial charge >= 0.3 is 7.12 Å². The molecule has 0 bridgehead atoms. The van der Waals surface area contributed by atoms with Crippen LogP contribution in [0.25, 0.3) is 68.2 Å². The highest BCUT2D eigenvalue weighted by molar-refractivity contribution is 6.62. The number of nitrogens with zero attached hydrogens (tertiary/aromatic N) is 3. The van der Waals surface area contributed by atoms with Crippen molar-refractivity contribution in [1.82, 2.24) is 15.0 Å². The fraction of sp³-hybridized carbons (Fsp3) is 0.146. The third kappa shape index (κ3) is 5.60. The zero-order chi connectivity index (χ0) is 32.8. The number of rotatable bonds is 7. The molecular formula is C41H36BN3O2. The van der Waals surface area contributed by atoms with Crippen LogP contribution in [0.5, 0.6) is 0 Å². The molecule has 1 saturated heterocycles. The second-order valence-corrected chi connectivity index (χ2v) is 12.9. The van der Waals surface area contributed by atoms with E-state index < -0.39 is 18.3 Å². The van der Waals surface area contributed by atoms with Crippen molar-refractivity contribution in [3.8, 4) is 45.3 Å². The van der Waals surface area contributed by atoms with Crippen molar-refractivity contribution >= 4 is 35.5 Å². The molecule has 5 aromatic carbocycles. The Bertz CT molecular complexity index is 2070. The summed E-state index contributed by atoms with van der Waals surface area (Å²) in [5.41, 5.74) is 6.65. The molecule has 0 unspecified atom stereocenters. The Morgan fingerprint density at radius 3 is 1.57 bits per heavy atom. The molecular weight excluding hydrogens is 577 g/mol. The minimum absolute atomic E-state index is 0.504. The Kier molecular flexibility index (Phi) is 7.71. The molecule has 0 N–H and O–H groups in total. The van der Waals surface area contributed by atoms with E-state index in [1.165, 1.54) is 0 Å². The van der Waals surface area contributed by atoms with Gasteiger partial charge in [-0.15, -0.1) is 0 Å². The lowest BCUT2D eigenvalue weighted by Crippen LogP contribution is -2.41. The molecule has 1 aliphatic heterocycles. The lowest BCUT2D eigenvalue weighted by molar-refractivity contribution is 0.00578. The number of hydrogen-bond donors (Lipinski definition) is 0. The standard InChI is InChI=1S/C41H36BN3O2/c1-7-27-26-36(35-22-16-15-21-34(35)33(27)8-2)30-23-31(25-32(24-30)42-46-40(3,4)41(5,6)47-42)39-44-37(28-17-11-9-12-18-28)43-38(45-39)29-19-13-10-14-20-29/h7-26H,1-2H2,3-6H3. The fourth-order valence-corrected chi connectivity index (χ4v) is 6.04. The highest BCUT2D eigenvalue weighted by Gasteiger charge is 2.51. The van der Waals surface area contributed by atoms with Crippen LogP contribution in [0.2, 0.25) is 0 Å². The summed E-state index contributed by atoms with van der Waals surface area (Å²) in [6.45, 7) is 16.5. The van der Waals surface area contributed by atoms with Gasteiger partial charge in [0.1, 0.15) is 0 Å². The first-order chi connectivity index (χ1) is 22.7. The first kappa shape index (κ1) is 30.5. The van der Waals surface area contributed by atoms with Gasteiger partial charge in [0.25, 0.3) is 0 Å². The van der Waals surface area contributed by atoms with Crippen LogP contribution in [0.3, 0.4) is 0 Å². The van der Waals surface area contributed by atoms with Gasteiger partial charge in [-0.25, -0.2) is 15.0 Å². The van der Waals surface area contributed by atoms with Crippen LogP contribution in [-0.2, 0) is 9.31 Å². The molecule has 5 nitrogen and oxygen atoms in total. The van der Waals surface area contributed by atoms with Gasteiger partial charge in [0, 0.05) is 16.7 Å². The van der Waals surface area contributed by atoms with Crippen molar-refractivity contribution in [3.63, 3.8) is 0 Å². The third-order valence-corrected chi connectivity index (χ3v) is 9.29. The minimum atomic E-state index is -0.583. The summed E-state index contributed by atoms with van der Waals surface area (Å²) in [4.78, 5) is 15.0. The van der Waals surface area contributed by atoms with E-state index >= 15 is 0 Å². The zero-order valence-electron chi connectivity index (χ0n) is 27.2. The number of fused-ring (bicyclic) bond motifs is 1. The molecule has 0 amide bonds. The molecule has 7 rings (SSSR count). The van der Waals surface area contributed by atoms with Gasteiger partial charge in [-0.2, -0.15) is 0 Å². The maximum Gasteiger partial charge on any atom is 0.494 e. The Labute approximate surface area is 276 Å². The average molecular weight is 614 g/mol. The summed E-state index contributed by atoms with van der Waals surface area (Å²) in [6.07, 6.45) is 3.78. The van der Waals surface area contributed by atoms with E-state index in [0.717, 1.165) is 55.2 Å².